The van der Waals surface area contributed by atoms with Gasteiger partial charge in [0, 0.05) is 12.8 Å². The number of aliphatic hydroxyl groups is 1. The molecular weight excluding hydrogens is 773 g/mol. The van der Waals surface area contributed by atoms with E-state index in [1.54, 1.807) is 0 Å². The van der Waals surface area contributed by atoms with Crippen LogP contribution >= 0.6 is 7.82 Å². The van der Waals surface area contributed by atoms with E-state index < -0.39 is 57.7 Å². The summed E-state index contributed by atoms with van der Waals surface area (Å²) in [4.78, 5) is 45.9. The third-order valence-corrected chi connectivity index (χ3v) is 9.33. The van der Waals surface area contributed by atoms with Crippen LogP contribution in [-0.2, 0) is 37.5 Å². The number of phosphoric acid groups is 1. The zero-order chi connectivity index (χ0) is 43.7. The highest BCUT2D eigenvalue weighted by atomic mass is 31.2. The Kier molecular flexibility index (Phi) is 37.3. The Hall–Kier alpha value is -3.64. The van der Waals surface area contributed by atoms with Crippen LogP contribution in [0.4, 0.5) is 0 Å². The average molecular weight is 848 g/mol. The van der Waals surface area contributed by atoms with Crippen LogP contribution in [0.1, 0.15) is 136 Å². The number of rotatable bonds is 38. The second-order valence-electron chi connectivity index (χ2n) is 13.9. The maximum absolute atomic E-state index is 12.6. The van der Waals surface area contributed by atoms with Gasteiger partial charge >= 0.3 is 25.7 Å². The first kappa shape index (κ1) is 55.4. The number of carbonyl (C=O) groups excluding carboxylic acids is 2. The van der Waals surface area contributed by atoms with Crippen molar-refractivity contribution in [2.24, 2.45) is 5.73 Å². The molecule has 0 amide bonds. The van der Waals surface area contributed by atoms with Crippen LogP contribution in [-0.4, -0.2) is 71.1 Å². The molecule has 0 aliphatic rings. The molecule has 0 aliphatic heterocycles. The van der Waals surface area contributed by atoms with Crippen molar-refractivity contribution in [3.05, 3.63) is 97.2 Å². The van der Waals surface area contributed by atoms with Gasteiger partial charge in [-0.25, -0.2) is 4.57 Å². The highest BCUT2D eigenvalue weighted by molar-refractivity contribution is 7.47. The van der Waals surface area contributed by atoms with Gasteiger partial charge in [0.1, 0.15) is 12.6 Å². The minimum absolute atomic E-state index is 0.0596. The maximum Gasteiger partial charge on any atom is 0.472 e. The summed E-state index contributed by atoms with van der Waals surface area (Å²) in [5.74, 6) is -2.57. The largest absolute Gasteiger partial charge is 0.480 e. The summed E-state index contributed by atoms with van der Waals surface area (Å²) in [5.41, 5.74) is 5.32. The zero-order valence-electron chi connectivity index (χ0n) is 35.7. The average Bonchev–Trinajstić information content (AvgIpc) is 3.21. The van der Waals surface area contributed by atoms with E-state index in [0.717, 1.165) is 64.2 Å². The van der Waals surface area contributed by atoms with E-state index in [9.17, 15) is 28.9 Å². The number of allylic oxidation sites excluding steroid dienone is 15. The highest BCUT2D eigenvalue weighted by Gasteiger charge is 2.28. The predicted molar refractivity (Wildman–Crippen MR) is 236 cm³/mol. The number of carbonyl (C=O) groups is 3. The Balaban J connectivity index is 4.62. The molecule has 0 saturated heterocycles. The fourth-order valence-electron chi connectivity index (χ4n) is 4.95. The van der Waals surface area contributed by atoms with E-state index >= 15 is 0 Å². The van der Waals surface area contributed by atoms with E-state index in [4.69, 9.17) is 24.8 Å². The van der Waals surface area contributed by atoms with Gasteiger partial charge in [0.05, 0.1) is 19.3 Å². The lowest BCUT2D eigenvalue weighted by molar-refractivity contribution is -0.161. The number of phosphoric ester groups is 1. The molecule has 0 spiro atoms. The third-order valence-electron chi connectivity index (χ3n) is 8.38. The number of nitrogens with two attached hydrogens (primary N) is 1. The molecular formula is C46H74NO11P. The first-order valence-electron chi connectivity index (χ1n) is 21.4. The Morgan fingerprint density at radius 2 is 1.03 bits per heavy atom. The van der Waals surface area contributed by atoms with Gasteiger partial charge in [-0.1, -0.05) is 137 Å². The monoisotopic (exact) mass is 847 g/mol. The van der Waals surface area contributed by atoms with Gasteiger partial charge in [0.2, 0.25) is 0 Å². The molecule has 0 heterocycles. The lowest BCUT2D eigenvalue weighted by atomic mass is 10.1. The molecule has 0 aliphatic carbocycles. The Bertz CT molecular complexity index is 1380. The number of unbranched alkanes of at least 4 members (excludes halogenated alkanes) is 6. The summed E-state index contributed by atoms with van der Waals surface area (Å²) >= 11 is 0. The van der Waals surface area contributed by atoms with Crippen molar-refractivity contribution in [3.8, 4) is 0 Å². The van der Waals surface area contributed by atoms with Crippen LogP contribution in [0.15, 0.2) is 97.2 Å². The predicted octanol–water partition coefficient (Wildman–Crippen LogP) is 10.2. The SMILES string of the molecule is CCCCC/C=C\C/C=C\C/C=C\C/C=C\CCCC(=O)O[C@H](COC(=O)CCC/C=C\C/C=C\C/C=C\C/C=C\[C@@H](O)CCCC)COP(=O)(O)OC[C@H](N)C(=O)O. The number of aliphatic carboxylic acids is 1. The van der Waals surface area contributed by atoms with Gasteiger partial charge in [-0.2, -0.15) is 0 Å². The van der Waals surface area contributed by atoms with Crippen molar-refractivity contribution in [1.29, 1.82) is 0 Å². The number of hydrogen-bond donors (Lipinski definition) is 4. The minimum Gasteiger partial charge on any atom is -0.480 e. The molecule has 0 saturated carbocycles. The summed E-state index contributed by atoms with van der Waals surface area (Å²) in [6, 6.07) is -1.55. The van der Waals surface area contributed by atoms with Crippen LogP contribution in [0.25, 0.3) is 0 Å². The van der Waals surface area contributed by atoms with Crippen molar-refractivity contribution in [2.45, 2.75) is 154 Å². The third kappa shape index (κ3) is 39.6. The molecule has 0 fully saturated rings. The number of esters is 2. The first-order valence-corrected chi connectivity index (χ1v) is 22.8. The second-order valence-corrected chi connectivity index (χ2v) is 15.4. The summed E-state index contributed by atoms with van der Waals surface area (Å²) in [6.45, 7) is 2.47. The maximum atomic E-state index is 12.6. The molecule has 5 N–H and O–H groups in total. The Labute approximate surface area is 354 Å². The highest BCUT2D eigenvalue weighted by Crippen LogP contribution is 2.43. The van der Waals surface area contributed by atoms with E-state index in [1.165, 1.54) is 19.3 Å². The van der Waals surface area contributed by atoms with E-state index in [1.807, 2.05) is 36.5 Å². The number of hydrogen-bond acceptors (Lipinski definition) is 10. The van der Waals surface area contributed by atoms with Gasteiger partial charge < -0.3 is 30.3 Å². The molecule has 334 valence electrons. The minimum atomic E-state index is -4.76. The summed E-state index contributed by atoms with van der Waals surface area (Å²) in [5, 5.41) is 18.7. The Morgan fingerprint density at radius 3 is 1.53 bits per heavy atom. The summed E-state index contributed by atoms with van der Waals surface area (Å²) in [7, 11) is -4.76. The number of aliphatic hydroxyl groups excluding tert-OH is 1. The first-order chi connectivity index (χ1) is 28.5. The Morgan fingerprint density at radius 1 is 0.593 bits per heavy atom. The van der Waals surface area contributed by atoms with Crippen molar-refractivity contribution in [1.82, 2.24) is 0 Å². The van der Waals surface area contributed by atoms with Crippen molar-refractivity contribution >= 4 is 25.7 Å². The quantitative estimate of drug-likeness (QED) is 0.0199. The zero-order valence-corrected chi connectivity index (χ0v) is 36.6. The fraction of sp³-hybridized carbons (Fsp3) is 0.587. The normalized spacial score (nSPS) is 15.2. The molecule has 59 heavy (non-hydrogen) atoms. The second kappa shape index (κ2) is 39.8. The fourth-order valence-corrected chi connectivity index (χ4v) is 5.73. The van der Waals surface area contributed by atoms with Crippen molar-refractivity contribution in [3.63, 3.8) is 0 Å². The van der Waals surface area contributed by atoms with Crippen LogP contribution < -0.4 is 5.73 Å². The van der Waals surface area contributed by atoms with Gasteiger partial charge in [-0.15, -0.1) is 0 Å². The number of carboxylic acid groups (broad SMARTS) is 1. The molecule has 13 heteroatoms. The summed E-state index contributed by atoms with van der Waals surface area (Å²) in [6.07, 6.45) is 46.8. The van der Waals surface area contributed by atoms with Crippen LogP contribution in [0.5, 0.6) is 0 Å². The van der Waals surface area contributed by atoms with Gasteiger partial charge in [-0.05, 0) is 83.5 Å². The number of ether oxygens (including phenoxy) is 2. The lowest BCUT2D eigenvalue weighted by Gasteiger charge is -2.20. The van der Waals surface area contributed by atoms with Crippen LogP contribution in [0, 0.1) is 0 Å². The molecule has 4 atom stereocenters. The lowest BCUT2D eigenvalue weighted by Crippen LogP contribution is -2.34. The molecule has 12 nitrogen and oxygen atoms in total. The van der Waals surface area contributed by atoms with E-state index in [0.29, 0.717) is 25.7 Å². The molecule has 0 aromatic heterocycles. The van der Waals surface area contributed by atoms with Gasteiger partial charge in [-0.3, -0.25) is 23.4 Å². The molecule has 0 radical (unpaired) electrons. The smallest absolute Gasteiger partial charge is 0.472 e. The molecule has 0 rings (SSSR count). The van der Waals surface area contributed by atoms with Crippen molar-refractivity contribution < 1.29 is 52.6 Å². The number of carboxylic acids is 1. The molecule has 0 aromatic rings. The van der Waals surface area contributed by atoms with Gasteiger partial charge in [0.25, 0.3) is 0 Å². The van der Waals surface area contributed by atoms with Crippen LogP contribution in [0.3, 0.4) is 0 Å². The van der Waals surface area contributed by atoms with Gasteiger partial charge in [0.15, 0.2) is 6.10 Å². The van der Waals surface area contributed by atoms with E-state index in [2.05, 4.69) is 79.1 Å². The van der Waals surface area contributed by atoms with E-state index in [-0.39, 0.29) is 18.9 Å². The van der Waals surface area contributed by atoms with Crippen molar-refractivity contribution in [2.75, 3.05) is 19.8 Å². The molecule has 0 bridgehead atoms. The molecule has 1 unspecified atom stereocenters. The molecule has 0 aromatic carbocycles. The van der Waals surface area contributed by atoms with Crippen LogP contribution in [0.2, 0.25) is 0 Å². The standard InChI is InChI=1S/C46H74NO11P/c1-3-5-7-8-9-10-11-12-13-14-15-16-21-24-27-30-33-37-45(50)58-42(39-56-59(53,54)57-40-43(47)46(51)52)38-55-44(49)36-32-29-26-23-20-18-17-19-22-25-28-31-35-41(48)34-6-4-2/h9-10,12-13,15-18,22-27,31,35,41-43,48H,3-8,11,14,19-21,28-30,32-34,36-40,47H2,1-2H3,(H,51,52)(H,53,54)/b10-9-,13-12-,16-15-,18-17-,25-22-,26-23-,27-24-,35-31-/t41-,42+,43-/m0/s1. The summed E-state index contributed by atoms with van der Waals surface area (Å²) < 4.78 is 32.5. The topological polar surface area (TPSA) is 192 Å².